The van der Waals surface area contributed by atoms with Crippen LogP contribution >= 0.6 is 11.3 Å². The molecule has 0 bridgehead atoms. The Kier molecular flexibility index (Phi) is 3.00. The molecule has 1 atom stereocenters. The van der Waals surface area contributed by atoms with Crippen molar-refractivity contribution in [3.8, 4) is 11.4 Å². The van der Waals surface area contributed by atoms with Crippen molar-refractivity contribution in [1.29, 1.82) is 0 Å². The maximum atomic E-state index is 4.96. The van der Waals surface area contributed by atoms with Gasteiger partial charge in [0, 0.05) is 22.7 Å². The summed E-state index contributed by atoms with van der Waals surface area (Å²) in [6.45, 7) is 3.17. The summed E-state index contributed by atoms with van der Waals surface area (Å²) in [7, 11) is 0. The molecular formula is C20H17N3S. The monoisotopic (exact) mass is 331 g/mol. The molecule has 3 nitrogen and oxygen atoms in total. The fraction of sp³-hybridized carbons (Fsp3) is 0.150. The van der Waals surface area contributed by atoms with Gasteiger partial charge in [-0.05, 0) is 42.6 Å². The number of thiophene rings is 1. The third kappa shape index (κ3) is 1.80. The van der Waals surface area contributed by atoms with E-state index in [2.05, 4.69) is 82.4 Å². The standard InChI is InChI=1S/C20H17N3S/c1-2-22-16-10-5-3-8-14(16)19-21-15-9-4-6-11-17(15)23(19)20(22)18-12-7-13-24-18/h3-13,20H,2H2,1H3/t20-/m1/s1. The number of imidazole rings is 1. The largest absolute Gasteiger partial charge is 0.346 e. The third-order valence-corrected chi connectivity index (χ3v) is 5.64. The highest BCUT2D eigenvalue weighted by molar-refractivity contribution is 7.10. The van der Waals surface area contributed by atoms with E-state index in [4.69, 9.17) is 4.98 Å². The van der Waals surface area contributed by atoms with Crippen molar-refractivity contribution in [2.45, 2.75) is 13.1 Å². The highest BCUT2D eigenvalue weighted by Crippen LogP contribution is 2.45. The van der Waals surface area contributed by atoms with Crippen molar-refractivity contribution in [3.63, 3.8) is 0 Å². The van der Waals surface area contributed by atoms with Crippen LogP contribution in [0.4, 0.5) is 5.69 Å². The summed E-state index contributed by atoms with van der Waals surface area (Å²) in [4.78, 5) is 8.78. The number of fused-ring (bicyclic) bond motifs is 5. The first kappa shape index (κ1) is 13.8. The number of anilines is 1. The Morgan fingerprint density at radius 3 is 2.67 bits per heavy atom. The quantitative estimate of drug-likeness (QED) is 0.506. The van der Waals surface area contributed by atoms with Crippen LogP contribution in [-0.4, -0.2) is 16.1 Å². The zero-order chi connectivity index (χ0) is 16.1. The SMILES string of the molecule is CCN1c2ccccc2-c2nc3ccccc3n2[C@@H]1c1cccs1. The lowest BCUT2D eigenvalue weighted by molar-refractivity contribution is 0.564. The van der Waals surface area contributed by atoms with Gasteiger partial charge >= 0.3 is 0 Å². The second-order valence-corrected chi connectivity index (χ2v) is 6.97. The van der Waals surface area contributed by atoms with Crippen LogP contribution in [0.25, 0.3) is 22.4 Å². The molecule has 0 aliphatic carbocycles. The third-order valence-electron chi connectivity index (χ3n) is 4.73. The Balaban J connectivity index is 1.90. The molecule has 3 heterocycles. The molecule has 24 heavy (non-hydrogen) atoms. The van der Waals surface area contributed by atoms with E-state index in [0.29, 0.717) is 0 Å². The minimum atomic E-state index is 0.160. The van der Waals surface area contributed by atoms with Gasteiger partial charge in [-0.3, -0.25) is 4.57 Å². The first-order chi connectivity index (χ1) is 11.9. The molecule has 0 N–H and O–H groups in total. The Morgan fingerprint density at radius 2 is 1.83 bits per heavy atom. The summed E-state index contributed by atoms with van der Waals surface area (Å²) >= 11 is 1.81. The zero-order valence-corrected chi connectivity index (χ0v) is 14.2. The van der Waals surface area contributed by atoms with E-state index in [-0.39, 0.29) is 6.17 Å². The number of aromatic nitrogens is 2. The van der Waals surface area contributed by atoms with Crippen LogP contribution in [0.3, 0.4) is 0 Å². The van der Waals surface area contributed by atoms with Gasteiger partial charge in [0.15, 0.2) is 0 Å². The van der Waals surface area contributed by atoms with E-state index in [9.17, 15) is 0 Å². The minimum Gasteiger partial charge on any atom is -0.346 e. The van der Waals surface area contributed by atoms with Crippen LogP contribution in [0, 0.1) is 0 Å². The van der Waals surface area contributed by atoms with E-state index in [1.807, 2.05) is 11.3 Å². The topological polar surface area (TPSA) is 21.1 Å². The van der Waals surface area contributed by atoms with Crippen LogP contribution in [0.5, 0.6) is 0 Å². The van der Waals surface area contributed by atoms with Gasteiger partial charge in [-0.2, -0.15) is 0 Å². The normalized spacial score (nSPS) is 16.2. The highest BCUT2D eigenvalue weighted by Gasteiger charge is 2.33. The van der Waals surface area contributed by atoms with Gasteiger partial charge in [0.2, 0.25) is 0 Å². The molecule has 1 aliphatic heterocycles. The van der Waals surface area contributed by atoms with Crippen molar-refractivity contribution >= 4 is 28.1 Å². The zero-order valence-electron chi connectivity index (χ0n) is 13.4. The molecule has 5 rings (SSSR count). The van der Waals surface area contributed by atoms with Crippen LogP contribution in [0.15, 0.2) is 66.0 Å². The van der Waals surface area contributed by atoms with Gasteiger partial charge < -0.3 is 4.90 Å². The second kappa shape index (κ2) is 5.21. The first-order valence-corrected chi connectivity index (χ1v) is 9.13. The van der Waals surface area contributed by atoms with Gasteiger partial charge in [0.25, 0.3) is 0 Å². The average molecular weight is 331 g/mol. The van der Waals surface area contributed by atoms with Crippen molar-refractivity contribution < 1.29 is 0 Å². The molecule has 4 heteroatoms. The Morgan fingerprint density at radius 1 is 1.00 bits per heavy atom. The van der Waals surface area contributed by atoms with E-state index in [1.54, 1.807) is 0 Å². The number of benzene rings is 2. The minimum absolute atomic E-state index is 0.160. The average Bonchev–Trinajstić information content (AvgIpc) is 3.28. The summed E-state index contributed by atoms with van der Waals surface area (Å²) in [6.07, 6.45) is 0.160. The highest BCUT2D eigenvalue weighted by atomic mass is 32.1. The van der Waals surface area contributed by atoms with Crippen LogP contribution in [0.2, 0.25) is 0 Å². The van der Waals surface area contributed by atoms with E-state index < -0.39 is 0 Å². The fourth-order valence-corrected chi connectivity index (χ4v) is 4.55. The Labute approximate surface area is 144 Å². The number of rotatable bonds is 2. The van der Waals surface area contributed by atoms with Gasteiger partial charge in [-0.25, -0.2) is 4.98 Å². The van der Waals surface area contributed by atoms with Crippen molar-refractivity contribution in [2.75, 3.05) is 11.4 Å². The Bertz CT molecular complexity index is 1020. The molecule has 0 saturated carbocycles. The number of hydrogen-bond donors (Lipinski definition) is 0. The summed E-state index contributed by atoms with van der Waals surface area (Å²) < 4.78 is 2.40. The molecule has 1 aliphatic rings. The predicted octanol–water partition coefficient (Wildman–Crippen LogP) is 5.15. The molecule has 0 saturated heterocycles. The summed E-state index contributed by atoms with van der Waals surface area (Å²) in [5, 5.41) is 2.16. The van der Waals surface area contributed by atoms with Gasteiger partial charge in [-0.1, -0.05) is 30.3 Å². The second-order valence-electron chi connectivity index (χ2n) is 5.99. The van der Waals surface area contributed by atoms with Gasteiger partial charge in [0.1, 0.15) is 12.0 Å². The molecule has 0 amide bonds. The van der Waals surface area contributed by atoms with Crippen molar-refractivity contribution in [1.82, 2.24) is 9.55 Å². The Hall–Kier alpha value is -2.59. The summed E-state index contributed by atoms with van der Waals surface area (Å²) in [6, 6.07) is 21.4. The predicted molar refractivity (Wildman–Crippen MR) is 101 cm³/mol. The number of para-hydroxylation sites is 3. The van der Waals surface area contributed by atoms with E-state index in [1.165, 1.54) is 21.6 Å². The van der Waals surface area contributed by atoms with Crippen LogP contribution < -0.4 is 4.90 Å². The van der Waals surface area contributed by atoms with Gasteiger partial charge in [-0.15, -0.1) is 11.3 Å². The molecule has 4 aromatic rings. The lowest BCUT2D eigenvalue weighted by atomic mass is 10.1. The lowest BCUT2D eigenvalue weighted by Crippen LogP contribution is -2.36. The lowest BCUT2D eigenvalue weighted by Gasteiger charge is -2.39. The van der Waals surface area contributed by atoms with Crippen LogP contribution in [0.1, 0.15) is 18.0 Å². The number of hydrogen-bond acceptors (Lipinski definition) is 3. The summed E-state index contributed by atoms with van der Waals surface area (Å²) in [5.74, 6) is 1.06. The molecule has 0 unspecified atom stereocenters. The molecule has 118 valence electrons. The smallest absolute Gasteiger partial charge is 0.145 e. The van der Waals surface area contributed by atoms with E-state index in [0.717, 1.165) is 17.9 Å². The van der Waals surface area contributed by atoms with E-state index >= 15 is 0 Å². The van der Waals surface area contributed by atoms with Crippen LogP contribution in [-0.2, 0) is 0 Å². The molecule has 2 aromatic carbocycles. The maximum Gasteiger partial charge on any atom is 0.145 e. The maximum absolute atomic E-state index is 4.96. The first-order valence-electron chi connectivity index (χ1n) is 8.25. The molecule has 0 fully saturated rings. The number of nitrogens with zero attached hydrogens (tertiary/aromatic N) is 3. The summed E-state index contributed by atoms with van der Waals surface area (Å²) in [5.41, 5.74) is 4.73. The fourth-order valence-electron chi connectivity index (χ4n) is 3.73. The molecular weight excluding hydrogens is 314 g/mol. The molecule has 0 radical (unpaired) electrons. The van der Waals surface area contributed by atoms with Crippen molar-refractivity contribution in [3.05, 3.63) is 70.9 Å². The van der Waals surface area contributed by atoms with Crippen molar-refractivity contribution in [2.24, 2.45) is 0 Å². The van der Waals surface area contributed by atoms with Gasteiger partial charge in [0.05, 0.1) is 11.0 Å². The molecule has 2 aromatic heterocycles. The molecule has 0 spiro atoms.